The minimum atomic E-state index is -0.826. The number of halogens is 2. The van der Waals surface area contributed by atoms with E-state index in [4.69, 9.17) is 17.0 Å². The van der Waals surface area contributed by atoms with Gasteiger partial charge in [0.05, 0.1) is 10.6 Å². The van der Waals surface area contributed by atoms with E-state index in [0.29, 0.717) is 16.8 Å². The van der Waals surface area contributed by atoms with E-state index in [2.05, 4.69) is 4.99 Å². The fourth-order valence-corrected chi connectivity index (χ4v) is 1.65. The fourth-order valence-electron chi connectivity index (χ4n) is 1.65. The van der Waals surface area contributed by atoms with Crippen LogP contribution in [0.3, 0.4) is 0 Å². The first-order valence-corrected chi connectivity index (χ1v) is 12.4. The van der Waals surface area contributed by atoms with Gasteiger partial charge in [0.2, 0.25) is 0 Å². The Bertz CT molecular complexity index is 667. The number of aromatic hydroxyl groups is 1. The molecule has 2 rings (SSSR count). The third kappa shape index (κ3) is 5.87. The average Bonchev–Trinajstić information content (AvgIpc) is 2.50. The number of benzene rings is 2. The Balaban J connectivity index is 0.000000745. The van der Waals surface area contributed by atoms with Gasteiger partial charge in [-0.05, 0) is 24.6 Å². The van der Waals surface area contributed by atoms with Crippen molar-refractivity contribution in [2.24, 2.45) is 4.99 Å². The Morgan fingerprint density at radius 2 is 1.86 bits per heavy atom. The number of nitro benzene ring substituents is 1. The SMILES string of the molecule is Cc1cc([N+](=O)[O-])cc(C=Nc2ccccc2)c1O.[Cl][Zr][Cl]. The van der Waals surface area contributed by atoms with Gasteiger partial charge in [-0.2, -0.15) is 0 Å². The maximum atomic E-state index is 10.8. The summed E-state index contributed by atoms with van der Waals surface area (Å²) >= 11 is -0.826. The van der Waals surface area contributed by atoms with Crippen molar-refractivity contribution in [2.75, 3.05) is 0 Å². The van der Waals surface area contributed by atoms with Gasteiger partial charge in [0.15, 0.2) is 0 Å². The number of nitro groups is 1. The third-order valence-corrected chi connectivity index (χ3v) is 2.63. The van der Waals surface area contributed by atoms with E-state index in [9.17, 15) is 15.2 Å². The third-order valence-electron chi connectivity index (χ3n) is 2.63. The zero-order chi connectivity index (χ0) is 16.5. The Kier molecular flexibility index (Phi) is 8.32. The van der Waals surface area contributed by atoms with E-state index < -0.39 is 25.8 Å². The summed E-state index contributed by atoms with van der Waals surface area (Å²) in [6.07, 6.45) is 1.42. The van der Waals surface area contributed by atoms with Gasteiger partial charge in [-0.3, -0.25) is 15.1 Å². The van der Waals surface area contributed by atoms with Crippen LogP contribution in [0.25, 0.3) is 0 Å². The van der Waals surface area contributed by atoms with E-state index in [1.807, 2.05) is 18.2 Å². The number of para-hydroxylation sites is 1. The Morgan fingerprint density at radius 3 is 2.41 bits per heavy atom. The molecule has 1 N–H and O–H groups in total. The van der Waals surface area contributed by atoms with Crippen molar-refractivity contribution in [3.63, 3.8) is 0 Å². The van der Waals surface area contributed by atoms with Crippen molar-refractivity contribution in [1.29, 1.82) is 0 Å². The molecular formula is C14H12Cl2N2O3Zr. The molecule has 0 saturated heterocycles. The van der Waals surface area contributed by atoms with Crippen molar-refractivity contribution in [2.45, 2.75) is 6.92 Å². The van der Waals surface area contributed by atoms with Crippen molar-refractivity contribution in [3.8, 4) is 5.75 Å². The quantitative estimate of drug-likeness (QED) is 0.445. The Labute approximate surface area is 146 Å². The van der Waals surface area contributed by atoms with E-state index in [1.165, 1.54) is 18.3 Å². The summed E-state index contributed by atoms with van der Waals surface area (Å²) in [5.74, 6) is 0.00489. The van der Waals surface area contributed by atoms with Crippen LogP contribution in [0.4, 0.5) is 11.4 Å². The van der Waals surface area contributed by atoms with E-state index in [-0.39, 0.29) is 11.4 Å². The molecule has 0 radical (unpaired) electrons. The van der Waals surface area contributed by atoms with Gasteiger partial charge >= 0.3 is 37.9 Å². The molecule has 22 heavy (non-hydrogen) atoms. The monoisotopic (exact) mass is 416 g/mol. The van der Waals surface area contributed by atoms with Gasteiger partial charge in [0.25, 0.3) is 5.69 Å². The molecule has 2 aromatic rings. The van der Waals surface area contributed by atoms with Crippen LogP contribution in [0.1, 0.15) is 11.1 Å². The van der Waals surface area contributed by atoms with E-state index in [0.717, 1.165) is 0 Å². The summed E-state index contributed by atoms with van der Waals surface area (Å²) in [7, 11) is 9.87. The number of rotatable bonds is 3. The van der Waals surface area contributed by atoms with Gasteiger partial charge in [-0.15, -0.1) is 0 Å². The van der Waals surface area contributed by atoms with Gasteiger partial charge in [0, 0.05) is 23.9 Å². The fraction of sp³-hybridized carbons (Fsp3) is 0.0714. The second-order valence-corrected chi connectivity index (χ2v) is 7.85. The molecule has 0 aliphatic heterocycles. The van der Waals surface area contributed by atoms with Gasteiger partial charge in [0.1, 0.15) is 5.75 Å². The van der Waals surface area contributed by atoms with Crippen molar-refractivity contribution in [3.05, 3.63) is 63.7 Å². The number of non-ortho nitro benzene ring substituents is 1. The van der Waals surface area contributed by atoms with E-state index >= 15 is 0 Å². The molecule has 0 aliphatic rings. The van der Waals surface area contributed by atoms with Crippen LogP contribution in [0, 0.1) is 17.0 Å². The van der Waals surface area contributed by atoms with Crippen molar-refractivity contribution in [1.82, 2.24) is 0 Å². The Morgan fingerprint density at radius 1 is 1.27 bits per heavy atom. The second-order valence-electron chi connectivity index (χ2n) is 4.12. The van der Waals surface area contributed by atoms with Gasteiger partial charge in [-0.25, -0.2) is 0 Å². The first-order chi connectivity index (χ1) is 10.5. The molecule has 0 aromatic heterocycles. The molecule has 0 atom stereocenters. The Hall–Kier alpha value is -1.23. The first kappa shape index (κ1) is 18.8. The van der Waals surface area contributed by atoms with Gasteiger partial charge in [-0.1, -0.05) is 18.2 Å². The van der Waals surface area contributed by atoms with Gasteiger partial charge < -0.3 is 5.11 Å². The van der Waals surface area contributed by atoms with Crippen LogP contribution in [-0.4, -0.2) is 16.2 Å². The predicted octanol–water partition coefficient (Wildman–Crippen LogP) is 4.74. The zero-order valence-corrected chi connectivity index (χ0v) is 15.5. The van der Waals surface area contributed by atoms with Crippen LogP contribution in [0.5, 0.6) is 5.75 Å². The van der Waals surface area contributed by atoms with E-state index in [1.54, 1.807) is 19.1 Å². The predicted molar refractivity (Wildman–Crippen MR) is 84.9 cm³/mol. The molecule has 5 nitrogen and oxygen atoms in total. The molecule has 2 aromatic carbocycles. The summed E-state index contributed by atoms with van der Waals surface area (Å²) in [4.78, 5) is 14.4. The summed E-state index contributed by atoms with van der Waals surface area (Å²) in [5, 5.41) is 20.6. The number of aliphatic imine (C=N–C) groups is 1. The molecule has 0 heterocycles. The number of nitrogens with zero attached hydrogens (tertiary/aromatic N) is 2. The topological polar surface area (TPSA) is 75.7 Å². The number of aryl methyl sites for hydroxylation is 1. The van der Waals surface area contributed by atoms with Crippen LogP contribution < -0.4 is 0 Å². The molecule has 114 valence electrons. The van der Waals surface area contributed by atoms with Crippen LogP contribution in [-0.2, 0) is 20.8 Å². The molecule has 0 spiro atoms. The first-order valence-electron chi connectivity index (χ1n) is 6.03. The summed E-state index contributed by atoms with van der Waals surface area (Å²) in [5.41, 5.74) is 1.43. The molecule has 0 unspecified atom stereocenters. The summed E-state index contributed by atoms with van der Waals surface area (Å²) in [6, 6.07) is 11.8. The molecule has 8 heteroatoms. The molecule has 0 saturated carbocycles. The second kappa shape index (κ2) is 9.72. The number of hydrogen-bond acceptors (Lipinski definition) is 4. The number of phenols is 1. The maximum absolute atomic E-state index is 10.8. The average molecular weight is 418 g/mol. The normalized spacial score (nSPS) is 9.95. The molecular weight excluding hydrogens is 406 g/mol. The van der Waals surface area contributed by atoms with Crippen LogP contribution >= 0.6 is 17.0 Å². The summed E-state index contributed by atoms with van der Waals surface area (Å²) in [6.45, 7) is 1.61. The standard InChI is InChI=1S/C14H12N2O3.2ClH.Zr/c1-10-7-13(16(18)19)8-11(14(10)17)9-15-12-5-3-2-4-6-12;;;/h2-9,17H,1H3;2*1H;/q;;;+2/p-2. The minimum absolute atomic E-state index is 0.00489. The molecule has 0 aliphatic carbocycles. The van der Waals surface area contributed by atoms with Crippen molar-refractivity contribution >= 4 is 34.6 Å². The number of hydrogen-bond donors (Lipinski definition) is 1. The van der Waals surface area contributed by atoms with Crippen LogP contribution in [0.2, 0.25) is 0 Å². The number of phenolic OH excluding ortho intramolecular Hbond substituents is 1. The zero-order valence-electron chi connectivity index (χ0n) is 11.5. The molecule has 0 bridgehead atoms. The van der Waals surface area contributed by atoms with Crippen LogP contribution in [0.15, 0.2) is 47.5 Å². The molecule has 0 fully saturated rings. The van der Waals surface area contributed by atoms with Crippen molar-refractivity contribution < 1.29 is 30.9 Å². The molecule has 0 amide bonds. The summed E-state index contributed by atoms with van der Waals surface area (Å²) < 4.78 is 0.